The molecule has 2 aromatic carbocycles. The standard InChI is InChI=1S/C20H22FN3O/c21-19-5-1-15(2-6-19)14-23-7-9-24(10-8-23)20(25)16-3-4-17-12-22-13-18(17)11-16/h1-6,11,22H,7-10,12-14H2. The lowest BCUT2D eigenvalue weighted by atomic mass is 10.1. The smallest absolute Gasteiger partial charge is 0.253 e. The molecule has 0 spiro atoms. The molecule has 2 aliphatic heterocycles. The second-order valence-corrected chi connectivity index (χ2v) is 6.78. The van der Waals surface area contributed by atoms with Crippen molar-refractivity contribution in [2.24, 2.45) is 0 Å². The second-order valence-electron chi connectivity index (χ2n) is 6.78. The zero-order valence-electron chi connectivity index (χ0n) is 14.2. The third-order valence-corrected chi connectivity index (χ3v) is 5.06. The molecule has 0 aliphatic carbocycles. The Labute approximate surface area is 147 Å². The van der Waals surface area contributed by atoms with Crippen molar-refractivity contribution in [3.05, 3.63) is 70.5 Å². The molecular weight excluding hydrogens is 317 g/mol. The highest BCUT2D eigenvalue weighted by molar-refractivity contribution is 5.94. The molecular formula is C20H22FN3O. The van der Waals surface area contributed by atoms with E-state index in [-0.39, 0.29) is 11.7 Å². The van der Waals surface area contributed by atoms with Crippen molar-refractivity contribution in [3.63, 3.8) is 0 Å². The van der Waals surface area contributed by atoms with Crippen LogP contribution >= 0.6 is 0 Å². The van der Waals surface area contributed by atoms with E-state index in [1.807, 2.05) is 29.2 Å². The quantitative estimate of drug-likeness (QED) is 0.933. The molecule has 2 aromatic rings. The molecule has 0 aromatic heterocycles. The van der Waals surface area contributed by atoms with E-state index < -0.39 is 0 Å². The molecule has 4 rings (SSSR count). The highest BCUT2D eigenvalue weighted by atomic mass is 19.1. The number of rotatable bonds is 3. The Morgan fingerprint density at radius 3 is 2.44 bits per heavy atom. The summed E-state index contributed by atoms with van der Waals surface area (Å²) >= 11 is 0. The van der Waals surface area contributed by atoms with Crippen LogP contribution in [0.1, 0.15) is 27.0 Å². The van der Waals surface area contributed by atoms with Gasteiger partial charge < -0.3 is 10.2 Å². The van der Waals surface area contributed by atoms with Gasteiger partial charge in [-0.1, -0.05) is 18.2 Å². The lowest BCUT2D eigenvalue weighted by Crippen LogP contribution is -2.48. The fourth-order valence-electron chi connectivity index (χ4n) is 3.57. The van der Waals surface area contributed by atoms with Crippen LogP contribution in [0.25, 0.3) is 0 Å². The Balaban J connectivity index is 1.35. The molecule has 5 heteroatoms. The van der Waals surface area contributed by atoms with Crippen LogP contribution in [-0.4, -0.2) is 41.9 Å². The average molecular weight is 339 g/mol. The van der Waals surface area contributed by atoms with Gasteiger partial charge in [-0.3, -0.25) is 9.69 Å². The van der Waals surface area contributed by atoms with Crippen molar-refractivity contribution < 1.29 is 9.18 Å². The lowest BCUT2D eigenvalue weighted by molar-refractivity contribution is 0.0628. The van der Waals surface area contributed by atoms with E-state index >= 15 is 0 Å². The monoisotopic (exact) mass is 339 g/mol. The maximum absolute atomic E-state index is 13.0. The van der Waals surface area contributed by atoms with Gasteiger partial charge in [0.25, 0.3) is 5.91 Å². The predicted octanol–water partition coefficient (Wildman–Crippen LogP) is 2.39. The number of nitrogens with zero attached hydrogens (tertiary/aromatic N) is 2. The Kier molecular flexibility index (Phi) is 4.51. The zero-order valence-corrected chi connectivity index (χ0v) is 14.2. The molecule has 0 unspecified atom stereocenters. The molecule has 4 nitrogen and oxygen atoms in total. The zero-order chi connectivity index (χ0) is 17.2. The number of nitrogens with one attached hydrogen (secondary N) is 1. The molecule has 1 N–H and O–H groups in total. The fourth-order valence-corrected chi connectivity index (χ4v) is 3.57. The number of carbonyl (C=O) groups is 1. The molecule has 1 fully saturated rings. The topological polar surface area (TPSA) is 35.6 Å². The number of amides is 1. The van der Waals surface area contributed by atoms with E-state index in [2.05, 4.69) is 16.3 Å². The summed E-state index contributed by atoms with van der Waals surface area (Å²) in [5.41, 5.74) is 4.42. The van der Waals surface area contributed by atoms with Crippen molar-refractivity contribution in [2.75, 3.05) is 26.2 Å². The molecule has 2 aliphatic rings. The first kappa shape index (κ1) is 16.2. The van der Waals surface area contributed by atoms with E-state index in [0.29, 0.717) is 0 Å². The van der Waals surface area contributed by atoms with Gasteiger partial charge in [-0.2, -0.15) is 0 Å². The minimum Gasteiger partial charge on any atom is -0.336 e. The van der Waals surface area contributed by atoms with Crippen LogP contribution < -0.4 is 5.32 Å². The molecule has 1 amide bonds. The first-order chi connectivity index (χ1) is 12.2. The van der Waals surface area contributed by atoms with Crippen LogP contribution in [0.5, 0.6) is 0 Å². The van der Waals surface area contributed by atoms with E-state index in [4.69, 9.17) is 0 Å². The highest BCUT2D eigenvalue weighted by Gasteiger charge is 2.23. The molecule has 0 atom stereocenters. The third kappa shape index (κ3) is 3.57. The second kappa shape index (κ2) is 6.94. The summed E-state index contributed by atoms with van der Waals surface area (Å²) in [6.45, 7) is 5.69. The Morgan fingerprint density at radius 2 is 1.68 bits per heavy atom. The number of hydrogen-bond donors (Lipinski definition) is 1. The van der Waals surface area contributed by atoms with E-state index in [0.717, 1.165) is 56.9 Å². The molecule has 0 bridgehead atoms. The fraction of sp³-hybridized carbons (Fsp3) is 0.350. The van der Waals surface area contributed by atoms with E-state index in [9.17, 15) is 9.18 Å². The Morgan fingerprint density at radius 1 is 0.960 bits per heavy atom. The van der Waals surface area contributed by atoms with Crippen LogP contribution in [0.15, 0.2) is 42.5 Å². The highest BCUT2D eigenvalue weighted by Crippen LogP contribution is 2.19. The maximum atomic E-state index is 13.0. The average Bonchev–Trinajstić information content (AvgIpc) is 3.11. The van der Waals surface area contributed by atoms with Crippen LogP contribution in [0, 0.1) is 5.82 Å². The number of benzene rings is 2. The summed E-state index contributed by atoms with van der Waals surface area (Å²) in [5, 5.41) is 3.31. The van der Waals surface area contributed by atoms with Gasteiger partial charge in [-0.15, -0.1) is 0 Å². The van der Waals surface area contributed by atoms with Gasteiger partial charge >= 0.3 is 0 Å². The van der Waals surface area contributed by atoms with Crippen molar-refractivity contribution in [2.45, 2.75) is 19.6 Å². The van der Waals surface area contributed by atoms with Gasteiger partial charge in [0.2, 0.25) is 0 Å². The van der Waals surface area contributed by atoms with Gasteiger partial charge in [-0.25, -0.2) is 4.39 Å². The van der Waals surface area contributed by atoms with Gasteiger partial charge in [0, 0.05) is 51.4 Å². The van der Waals surface area contributed by atoms with Gasteiger partial charge in [0.15, 0.2) is 0 Å². The molecule has 0 radical (unpaired) electrons. The normalized spacial score (nSPS) is 17.6. The largest absolute Gasteiger partial charge is 0.336 e. The van der Waals surface area contributed by atoms with E-state index in [1.54, 1.807) is 0 Å². The molecule has 130 valence electrons. The van der Waals surface area contributed by atoms with E-state index in [1.165, 1.54) is 23.3 Å². The summed E-state index contributed by atoms with van der Waals surface area (Å²) in [6, 6.07) is 12.7. The Hall–Kier alpha value is -2.24. The third-order valence-electron chi connectivity index (χ3n) is 5.06. The molecule has 25 heavy (non-hydrogen) atoms. The summed E-state index contributed by atoms with van der Waals surface area (Å²) in [4.78, 5) is 17.0. The number of fused-ring (bicyclic) bond motifs is 1. The lowest BCUT2D eigenvalue weighted by Gasteiger charge is -2.34. The minimum absolute atomic E-state index is 0.121. The van der Waals surface area contributed by atoms with Crippen molar-refractivity contribution in [1.29, 1.82) is 0 Å². The molecule has 1 saturated heterocycles. The number of halogens is 1. The first-order valence-corrected chi connectivity index (χ1v) is 8.78. The number of hydrogen-bond acceptors (Lipinski definition) is 3. The predicted molar refractivity (Wildman–Crippen MR) is 94.6 cm³/mol. The van der Waals surface area contributed by atoms with Crippen molar-refractivity contribution in [1.82, 2.24) is 15.1 Å². The SMILES string of the molecule is O=C(c1ccc2c(c1)CNC2)N1CCN(Cc2ccc(F)cc2)CC1. The van der Waals surface area contributed by atoms with Crippen LogP contribution in [0.3, 0.4) is 0 Å². The first-order valence-electron chi connectivity index (χ1n) is 8.78. The summed E-state index contributed by atoms with van der Waals surface area (Å²) < 4.78 is 13.0. The number of piperazine rings is 1. The van der Waals surface area contributed by atoms with Crippen molar-refractivity contribution in [3.8, 4) is 0 Å². The van der Waals surface area contributed by atoms with Gasteiger partial charge in [0.05, 0.1) is 0 Å². The maximum Gasteiger partial charge on any atom is 0.253 e. The van der Waals surface area contributed by atoms with Crippen LogP contribution in [-0.2, 0) is 19.6 Å². The van der Waals surface area contributed by atoms with Crippen LogP contribution in [0.4, 0.5) is 4.39 Å². The van der Waals surface area contributed by atoms with Crippen molar-refractivity contribution >= 4 is 5.91 Å². The summed E-state index contributed by atoms with van der Waals surface area (Å²) in [5.74, 6) is -0.0835. The Bertz CT molecular complexity index is 767. The number of carbonyl (C=O) groups excluding carboxylic acids is 1. The summed E-state index contributed by atoms with van der Waals surface area (Å²) in [6.07, 6.45) is 0. The van der Waals surface area contributed by atoms with Gasteiger partial charge in [-0.05, 0) is 41.0 Å². The van der Waals surface area contributed by atoms with Gasteiger partial charge in [0.1, 0.15) is 5.82 Å². The summed E-state index contributed by atoms with van der Waals surface area (Å²) in [7, 11) is 0. The minimum atomic E-state index is -0.205. The molecule has 2 heterocycles. The molecule has 0 saturated carbocycles. The van der Waals surface area contributed by atoms with Crippen LogP contribution in [0.2, 0.25) is 0 Å².